The average Bonchev–Trinajstić information content (AvgIpc) is 2.80. The highest BCUT2D eigenvalue weighted by molar-refractivity contribution is 5.76. The van der Waals surface area contributed by atoms with Gasteiger partial charge in [-0.2, -0.15) is 0 Å². The molecule has 4 heteroatoms. The summed E-state index contributed by atoms with van der Waals surface area (Å²) in [6.45, 7) is 4.34. The lowest BCUT2D eigenvalue weighted by Crippen LogP contribution is -2.11. The minimum absolute atomic E-state index is 0.444. The van der Waals surface area contributed by atoms with Gasteiger partial charge in [-0.1, -0.05) is 94.5 Å². The number of aryl methyl sites for hydroxylation is 1. The maximum Gasteiger partial charge on any atom is 0.310 e. The Labute approximate surface area is 185 Å². The summed E-state index contributed by atoms with van der Waals surface area (Å²) in [6.07, 6.45) is 10.9. The van der Waals surface area contributed by atoms with Crippen LogP contribution in [0.3, 0.4) is 0 Å². The monoisotopic (exact) mass is 416 g/mol. The SMILES string of the molecule is CCCCCCC(C(=O)O)c1ccc(-c2cnc(-c3ccc(CCC)cc3)nc2)cc1. The van der Waals surface area contributed by atoms with Crippen LogP contribution < -0.4 is 0 Å². The lowest BCUT2D eigenvalue weighted by molar-refractivity contribution is -0.139. The Morgan fingerprint density at radius 2 is 1.45 bits per heavy atom. The van der Waals surface area contributed by atoms with Crippen molar-refractivity contribution < 1.29 is 9.90 Å². The molecule has 0 fully saturated rings. The van der Waals surface area contributed by atoms with E-state index in [1.54, 1.807) is 0 Å². The van der Waals surface area contributed by atoms with Crippen molar-refractivity contribution in [3.8, 4) is 22.5 Å². The number of carboxylic acids is 1. The second-order valence-electron chi connectivity index (χ2n) is 8.10. The van der Waals surface area contributed by atoms with Gasteiger partial charge in [-0.05, 0) is 29.5 Å². The maximum atomic E-state index is 11.7. The Hall–Kier alpha value is -3.01. The van der Waals surface area contributed by atoms with Gasteiger partial charge in [0, 0.05) is 23.5 Å². The van der Waals surface area contributed by atoms with Gasteiger partial charge in [-0.3, -0.25) is 4.79 Å². The Morgan fingerprint density at radius 3 is 2.03 bits per heavy atom. The van der Waals surface area contributed by atoms with Gasteiger partial charge in [0.25, 0.3) is 0 Å². The molecule has 1 unspecified atom stereocenters. The summed E-state index contributed by atoms with van der Waals surface area (Å²) < 4.78 is 0. The lowest BCUT2D eigenvalue weighted by Gasteiger charge is -2.13. The summed E-state index contributed by atoms with van der Waals surface area (Å²) in [6, 6.07) is 16.2. The van der Waals surface area contributed by atoms with E-state index in [0.717, 1.165) is 60.8 Å². The van der Waals surface area contributed by atoms with Crippen LogP contribution in [0.25, 0.3) is 22.5 Å². The van der Waals surface area contributed by atoms with Gasteiger partial charge < -0.3 is 5.11 Å². The molecule has 0 amide bonds. The smallest absolute Gasteiger partial charge is 0.310 e. The molecule has 1 atom stereocenters. The van der Waals surface area contributed by atoms with Crippen molar-refractivity contribution in [2.24, 2.45) is 0 Å². The third-order valence-corrected chi connectivity index (χ3v) is 5.69. The lowest BCUT2D eigenvalue weighted by atomic mass is 9.92. The fraction of sp³-hybridized carbons (Fsp3) is 0.370. The van der Waals surface area contributed by atoms with Gasteiger partial charge in [0.05, 0.1) is 5.92 Å². The van der Waals surface area contributed by atoms with Gasteiger partial charge in [0.15, 0.2) is 5.82 Å². The van der Waals surface area contributed by atoms with E-state index in [9.17, 15) is 9.90 Å². The van der Waals surface area contributed by atoms with Crippen molar-refractivity contribution in [2.45, 2.75) is 64.7 Å². The number of aromatic nitrogens is 2. The largest absolute Gasteiger partial charge is 0.481 e. The molecule has 0 aliphatic carbocycles. The molecule has 3 rings (SSSR count). The van der Waals surface area contributed by atoms with Crippen molar-refractivity contribution in [3.05, 3.63) is 72.1 Å². The van der Waals surface area contributed by atoms with Crippen LogP contribution in [0.2, 0.25) is 0 Å². The first-order valence-corrected chi connectivity index (χ1v) is 11.4. The van der Waals surface area contributed by atoms with Crippen molar-refractivity contribution in [1.29, 1.82) is 0 Å². The average molecular weight is 417 g/mol. The van der Waals surface area contributed by atoms with E-state index >= 15 is 0 Å². The summed E-state index contributed by atoms with van der Waals surface area (Å²) in [7, 11) is 0. The number of benzene rings is 2. The number of carbonyl (C=O) groups is 1. The van der Waals surface area contributed by atoms with E-state index in [2.05, 4.69) is 48.1 Å². The highest BCUT2D eigenvalue weighted by atomic mass is 16.4. The molecule has 1 heterocycles. The minimum atomic E-state index is -0.748. The second kappa shape index (κ2) is 11.4. The first kappa shape index (κ1) is 22.7. The number of rotatable bonds is 11. The predicted octanol–water partition coefficient (Wildman–Crippen LogP) is 6.90. The van der Waals surface area contributed by atoms with Crippen LogP contribution in [-0.4, -0.2) is 21.0 Å². The highest BCUT2D eigenvalue weighted by Crippen LogP contribution is 2.27. The molecule has 4 nitrogen and oxygen atoms in total. The summed E-state index contributed by atoms with van der Waals surface area (Å²) in [5.74, 6) is -0.483. The summed E-state index contributed by atoms with van der Waals surface area (Å²) in [5, 5.41) is 9.64. The van der Waals surface area contributed by atoms with E-state index in [4.69, 9.17) is 0 Å². The van der Waals surface area contributed by atoms with E-state index in [1.165, 1.54) is 5.56 Å². The van der Waals surface area contributed by atoms with Crippen LogP contribution in [0, 0.1) is 0 Å². The van der Waals surface area contributed by atoms with E-state index in [0.29, 0.717) is 12.2 Å². The third-order valence-electron chi connectivity index (χ3n) is 5.69. The molecule has 0 spiro atoms. The normalized spacial score (nSPS) is 11.9. The molecular formula is C27H32N2O2. The maximum absolute atomic E-state index is 11.7. The molecule has 31 heavy (non-hydrogen) atoms. The Bertz CT molecular complexity index is 948. The van der Waals surface area contributed by atoms with Gasteiger partial charge in [-0.15, -0.1) is 0 Å². The molecule has 3 aromatic rings. The van der Waals surface area contributed by atoms with Crippen LogP contribution in [0.1, 0.15) is 69.4 Å². The molecule has 2 aromatic carbocycles. The number of hydrogen-bond acceptors (Lipinski definition) is 3. The number of nitrogens with zero attached hydrogens (tertiary/aromatic N) is 2. The number of unbranched alkanes of at least 4 members (excludes halogenated alkanes) is 3. The van der Waals surface area contributed by atoms with Crippen molar-refractivity contribution >= 4 is 5.97 Å². The van der Waals surface area contributed by atoms with Crippen LogP contribution in [-0.2, 0) is 11.2 Å². The zero-order valence-corrected chi connectivity index (χ0v) is 18.6. The Balaban J connectivity index is 1.69. The van der Waals surface area contributed by atoms with Crippen LogP contribution in [0.4, 0.5) is 0 Å². The zero-order chi connectivity index (χ0) is 22.1. The van der Waals surface area contributed by atoms with Gasteiger partial charge in [-0.25, -0.2) is 9.97 Å². The zero-order valence-electron chi connectivity index (χ0n) is 18.6. The number of aliphatic carboxylic acids is 1. The Kier molecular flexibility index (Phi) is 8.34. The number of carboxylic acid groups (broad SMARTS) is 1. The first-order valence-electron chi connectivity index (χ1n) is 11.4. The Morgan fingerprint density at radius 1 is 0.806 bits per heavy atom. The fourth-order valence-corrected chi connectivity index (χ4v) is 3.85. The highest BCUT2D eigenvalue weighted by Gasteiger charge is 2.19. The summed E-state index contributed by atoms with van der Waals surface area (Å²) in [5.41, 5.74) is 5.11. The van der Waals surface area contributed by atoms with Crippen LogP contribution in [0.15, 0.2) is 60.9 Å². The van der Waals surface area contributed by atoms with E-state index < -0.39 is 11.9 Å². The summed E-state index contributed by atoms with van der Waals surface area (Å²) in [4.78, 5) is 20.8. The van der Waals surface area contributed by atoms with E-state index in [-0.39, 0.29) is 0 Å². The molecule has 0 aliphatic rings. The topological polar surface area (TPSA) is 63.1 Å². The molecule has 1 aromatic heterocycles. The molecule has 0 radical (unpaired) electrons. The van der Waals surface area contributed by atoms with Gasteiger partial charge in [0.1, 0.15) is 0 Å². The van der Waals surface area contributed by atoms with Gasteiger partial charge in [0.2, 0.25) is 0 Å². The fourth-order valence-electron chi connectivity index (χ4n) is 3.85. The molecule has 0 aliphatic heterocycles. The minimum Gasteiger partial charge on any atom is -0.481 e. The summed E-state index contributed by atoms with van der Waals surface area (Å²) >= 11 is 0. The quantitative estimate of drug-likeness (QED) is 0.345. The standard InChI is InChI=1S/C27H32N2O2/c1-3-5-6-7-9-25(27(30)31)22-16-14-21(15-17-22)24-18-28-26(29-19-24)23-12-10-20(8-4-2)11-13-23/h10-19,25H,3-9H2,1-2H3,(H,30,31). The molecular weight excluding hydrogens is 384 g/mol. The second-order valence-corrected chi connectivity index (χ2v) is 8.10. The van der Waals surface area contributed by atoms with Gasteiger partial charge >= 0.3 is 5.97 Å². The van der Waals surface area contributed by atoms with Crippen molar-refractivity contribution in [3.63, 3.8) is 0 Å². The number of hydrogen-bond donors (Lipinski definition) is 1. The molecule has 0 bridgehead atoms. The predicted molar refractivity (Wildman–Crippen MR) is 126 cm³/mol. The molecule has 162 valence electrons. The van der Waals surface area contributed by atoms with E-state index in [1.807, 2.05) is 36.7 Å². The molecule has 0 saturated carbocycles. The van der Waals surface area contributed by atoms with Crippen molar-refractivity contribution in [2.75, 3.05) is 0 Å². The first-order chi connectivity index (χ1) is 15.1. The van der Waals surface area contributed by atoms with Crippen LogP contribution >= 0.6 is 0 Å². The third kappa shape index (κ3) is 6.24. The van der Waals surface area contributed by atoms with Crippen LogP contribution in [0.5, 0.6) is 0 Å². The van der Waals surface area contributed by atoms with Crippen molar-refractivity contribution in [1.82, 2.24) is 9.97 Å². The molecule has 0 saturated heterocycles. The molecule has 1 N–H and O–H groups in total.